The van der Waals surface area contributed by atoms with E-state index < -0.39 is 0 Å². The van der Waals surface area contributed by atoms with E-state index in [-0.39, 0.29) is 5.78 Å². The van der Waals surface area contributed by atoms with Crippen LogP contribution in [0.2, 0.25) is 0 Å². The third-order valence-corrected chi connectivity index (χ3v) is 1.58. The molecule has 0 fully saturated rings. The van der Waals surface area contributed by atoms with Gasteiger partial charge in [0.15, 0.2) is 5.78 Å². The van der Waals surface area contributed by atoms with Gasteiger partial charge < -0.3 is 5.73 Å². The molecule has 62 valence electrons. The van der Waals surface area contributed by atoms with Crippen LogP contribution in [0.1, 0.15) is 15.9 Å². The molecule has 0 unspecified atom stereocenters. The molecule has 0 aliphatic rings. The fraction of sp³-hybridized carbons (Fsp3) is 0.100. The fourth-order valence-electron chi connectivity index (χ4n) is 0.901. The summed E-state index contributed by atoms with van der Waals surface area (Å²) in [4.78, 5) is 11.2. The Kier molecular flexibility index (Phi) is 2.64. The summed E-state index contributed by atoms with van der Waals surface area (Å²) in [5.41, 5.74) is 6.91. The Labute approximate surface area is 71.7 Å². The van der Waals surface area contributed by atoms with Crippen molar-refractivity contribution >= 4 is 5.78 Å². The minimum atomic E-state index is -0.0579. The van der Waals surface area contributed by atoms with E-state index in [2.05, 4.69) is 0 Å². The monoisotopic (exact) mass is 161 g/mol. The second-order valence-electron chi connectivity index (χ2n) is 2.59. The maximum atomic E-state index is 11.2. The highest BCUT2D eigenvalue weighted by atomic mass is 16.1. The zero-order chi connectivity index (χ0) is 8.97. The summed E-state index contributed by atoms with van der Waals surface area (Å²) in [7, 11) is 0. The van der Waals surface area contributed by atoms with Gasteiger partial charge in [-0.05, 0) is 13.1 Å². The van der Waals surface area contributed by atoms with Gasteiger partial charge in [0.25, 0.3) is 0 Å². The lowest BCUT2D eigenvalue weighted by atomic mass is 10.1. The second-order valence-corrected chi connectivity index (χ2v) is 2.59. The van der Waals surface area contributed by atoms with Crippen molar-refractivity contribution in [1.29, 1.82) is 0 Å². The van der Waals surface area contributed by atoms with Crippen molar-refractivity contribution in [3.05, 3.63) is 47.7 Å². The van der Waals surface area contributed by atoms with Crippen LogP contribution in [-0.2, 0) is 0 Å². The predicted octanol–water partition coefficient (Wildman–Crippen LogP) is 1.65. The van der Waals surface area contributed by atoms with Gasteiger partial charge >= 0.3 is 0 Å². The molecule has 0 aliphatic heterocycles. The van der Waals surface area contributed by atoms with E-state index in [4.69, 9.17) is 5.73 Å². The average molecular weight is 161 g/mol. The number of carbonyl (C=O) groups is 1. The first-order valence-corrected chi connectivity index (χ1v) is 3.73. The van der Waals surface area contributed by atoms with Crippen molar-refractivity contribution in [3.8, 4) is 0 Å². The fourth-order valence-corrected chi connectivity index (χ4v) is 0.901. The Balaban J connectivity index is 2.90. The highest BCUT2D eigenvalue weighted by Gasteiger charge is 1.98. The lowest BCUT2D eigenvalue weighted by Gasteiger charge is -1.95. The van der Waals surface area contributed by atoms with Gasteiger partial charge in [-0.3, -0.25) is 4.79 Å². The van der Waals surface area contributed by atoms with E-state index in [0.29, 0.717) is 5.56 Å². The molecule has 0 heterocycles. The van der Waals surface area contributed by atoms with Crippen molar-refractivity contribution in [2.24, 2.45) is 5.73 Å². The quantitative estimate of drug-likeness (QED) is 0.529. The number of hydrogen-bond donors (Lipinski definition) is 1. The average Bonchev–Trinajstić information content (AvgIpc) is 2.06. The largest absolute Gasteiger partial charge is 0.404 e. The molecule has 0 radical (unpaired) electrons. The van der Waals surface area contributed by atoms with E-state index in [0.717, 1.165) is 5.56 Å². The molecule has 0 spiro atoms. The Morgan fingerprint density at radius 2 is 1.92 bits per heavy atom. The van der Waals surface area contributed by atoms with Gasteiger partial charge in [-0.1, -0.05) is 29.8 Å². The number of benzene rings is 1. The first kappa shape index (κ1) is 8.53. The molecule has 0 amide bonds. The van der Waals surface area contributed by atoms with Crippen LogP contribution in [0.3, 0.4) is 0 Å². The molecular formula is C10H11NO. The Hall–Kier alpha value is -1.57. The molecule has 0 saturated carbocycles. The zero-order valence-corrected chi connectivity index (χ0v) is 6.95. The van der Waals surface area contributed by atoms with Crippen molar-refractivity contribution in [3.63, 3.8) is 0 Å². The molecule has 0 bridgehead atoms. The maximum Gasteiger partial charge on any atom is 0.187 e. The highest BCUT2D eigenvalue weighted by Crippen LogP contribution is 2.03. The lowest BCUT2D eigenvalue weighted by Crippen LogP contribution is -1.95. The molecule has 1 rings (SSSR count). The minimum Gasteiger partial charge on any atom is -0.404 e. The van der Waals surface area contributed by atoms with Crippen LogP contribution >= 0.6 is 0 Å². The summed E-state index contributed by atoms with van der Waals surface area (Å²) >= 11 is 0. The third-order valence-electron chi connectivity index (χ3n) is 1.58. The number of nitrogens with two attached hydrogens (primary N) is 1. The minimum absolute atomic E-state index is 0.0579. The van der Waals surface area contributed by atoms with E-state index in [1.165, 1.54) is 12.3 Å². The summed E-state index contributed by atoms with van der Waals surface area (Å²) < 4.78 is 0. The van der Waals surface area contributed by atoms with Crippen LogP contribution in [0.25, 0.3) is 0 Å². The van der Waals surface area contributed by atoms with Gasteiger partial charge in [0.05, 0.1) is 0 Å². The van der Waals surface area contributed by atoms with E-state index in [1.54, 1.807) is 12.1 Å². The topological polar surface area (TPSA) is 43.1 Å². The maximum absolute atomic E-state index is 11.2. The smallest absolute Gasteiger partial charge is 0.187 e. The van der Waals surface area contributed by atoms with Gasteiger partial charge in [0.1, 0.15) is 0 Å². The summed E-state index contributed by atoms with van der Waals surface area (Å²) in [5.74, 6) is -0.0579. The third kappa shape index (κ3) is 1.95. The van der Waals surface area contributed by atoms with Crippen LogP contribution in [0.15, 0.2) is 36.5 Å². The molecule has 0 aromatic heterocycles. The van der Waals surface area contributed by atoms with Gasteiger partial charge in [-0.15, -0.1) is 0 Å². The van der Waals surface area contributed by atoms with Gasteiger partial charge in [-0.2, -0.15) is 0 Å². The number of hydrogen-bond acceptors (Lipinski definition) is 2. The Morgan fingerprint density at radius 3 is 2.42 bits per heavy atom. The van der Waals surface area contributed by atoms with Crippen LogP contribution in [0.4, 0.5) is 0 Å². The summed E-state index contributed by atoms with van der Waals surface area (Å²) in [6, 6.07) is 7.38. The predicted molar refractivity (Wildman–Crippen MR) is 48.8 cm³/mol. The molecule has 2 nitrogen and oxygen atoms in total. The Bertz CT molecular complexity index is 298. The molecule has 2 N–H and O–H groups in total. The molecule has 2 heteroatoms. The first-order valence-electron chi connectivity index (χ1n) is 3.73. The lowest BCUT2D eigenvalue weighted by molar-refractivity contribution is 0.104. The second kappa shape index (κ2) is 3.72. The number of rotatable bonds is 2. The van der Waals surface area contributed by atoms with Gasteiger partial charge in [0, 0.05) is 11.6 Å². The van der Waals surface area contributed by atoms with E-state index in [1.807, 2.05) is 19.1 Å². The number of allylic oxidation sites excluding steroid dienone is 1. The Morgan fingerprint density at radius 1 is 1.33 bits per heavy atom. The van der Waals surface area contributed by atoms with Crippen molar-refractivity contribution in [2.75, 3.05) is 0 Å². The molecule has 0 atom stereocenters. The zero-order valence-electron chi connectivity index (χ0n) is 6.95. The molecule has 0 saturated heterocycles. The van der Waals surface area contributed by atoms with E-state index >= 15 is 0 Å². The number of ketones is 1. The van der Waals surface area contributed by atoms with Crippen LogP contribution in [0.5, 0.6) is 0 Å². The first-order chi connectivity index (χ1) is 5.74. The highest BCUT2D eigenvalue weighted by molar-refractivity contribution is 6.04. The summed E-state index contributed by atoms with van der Waals surface area (Å²) in [6.07, 6.45) is 2.60. The van der Waals surface area contributed by atoms with Gasteiger partial charge in [0.2, 0.25) is 0 Å². The molecular weight excluding hydrogens is 150 g/mol. The standard InChI is InChI=1S/C10H11NO/c1-8-2-4-9(5-3-8)10(12)6-7-11/h2-7H,11H2,1H3/b7-6-. The van der Waals surface area contributed by atoms with Crippen LogP contribution in [-0.4, -0.2) is 5.78 Å². The summed E-state index contributed by atoms with van der Waals surface area (Å²) in [5, 5.41) is 0. The van der Waals surface area contributed by atoms with Gasteiger partial charge in [-0.25, -0.2) is 0 Å². The van der Waals surface area contributed by atoms with E-state index in [9.17, 15) is 4.79 Å². The molecule has 1 aromatic rings. The van der Waals surface area contributed by atoms with Crippen LogP contribution < -0.4 is 5.73 Å². The van der Waals surface area contributed by atoms with Crippen molar-refractivity contribution in [1.82, 2.24) is 0 Å². The number of aryl methyl sites for hydroxylation is 1. The van der Waals surface area contributed by atoms with Crippen LogP contribution in [0, 0.1) is 6.92 Å². The normalized spacial score (nSPS) is 10.4. The SMILES string of the molecule is Cc1ccc(C(=O)/C=C\N)cc1. The molecule has 12 heavy (non-hydrogen) atoms. The molecule has 0 aliphatic carbocycles. The number of carbonyl (C=O) groups excluding carboxylic acids is 1. The molecule has 1 aromatic carbocycles. The summed E-state index contributed by atoms with van der Waals surface area (Å²) in [6.45, 7) is 1.98. The van der Waals surface area contributed by atoms with Crippen molar-refractivity contribution < 1.29 is 4.79 Å². The van der Waals surface area contributed by atoms with Crippen molar-refractivity contribution in [2.45, 2.75) is 6.92 Å².